The van der Waals surface area contributed by atoms with Crippen LogP contribution in [-0.4, -0.2) is 15.6 Å². The summed E-state index contributed by atoms with van der Waals surface area (Å²) in [6.45, 7) is 6.30. The van der Waals surface area contributed by atoms with Crippen LogP contribution in [-0.2, 0) is 12.8 Å². The predicted octanol–water partition coefficient (Wildman–Crippen LogP) is 3.83. The van der Waals surface area contributed by atoms with Crippen LogP contribution in [0.1, 0.15) is 61.7 Å². The Kier molecular flexibility index (Phi) is 4.77. The second-order valence-electron chi connectivity index (χ2n) is 4.98. The van der Waals surface area contributed by atoms with Crippen molar-refractivity contribution in [2.24, 2.45) is 0 Å². The van der Waals surface area contributed by atoms with Crippen molar-refractivity contribution in [3.05, 3.63) is 41.6 Å². The third kappa shape index (κ3) is 3.18. The molecule has 0 aliphatic heterocycles. The van der Waals surface area contributed by atoms with Crippen LogP contribution in [0.25, 0.3) is 0 Å². The van der Waals surface area contributed by atoms with Crippen molar-refractivity contribution < 1.29 is 9.21 Å². The normalized spacial score (nSPS) is 11.2. The summed E-state index contributed by atoms with van der Waals surface area (Å²) in [5.41, 5.74) is 0.802. The van der Waals surface area contributed by atoms with E-state index in [0.717, 1.165) is 30.7 Å². The first-order valence-corrected chi connectivity index (χ1v) is 7.33. The van der Waals surface area contributed by atoms with Crippen LogP contribution < -0.4 is 0 Å². The summed E-state index contributed by atoms with van der Waals surface area (Å²) in [6.07, 6.45) is 5.15. The molecule has 2 heterocycles. The molecular weight excluding hydrogens is 252 g/mol. The lowest BCUT2D eigenvalue weighted by Crippen LogP contribution is -2.09. The second kappa shape index (κ2) is 6.55. The van der Waals surface area contributed by atoms with Crippen molar-refractivity contribution in [1.82, 2.24) is 9.78 Å². The van der Waals surface area contributed by atoms with Crippen molar-refractivity contribution >= 4 is 5.78 Å². The van der Waals surface area contributed by atoms with E-state index in [1.54, 1.807) is 6.07 Å². The molecular formula is C16H22N2O2. The topological polar surface area (TPSA) is 48.0 Å². The lowest BCUT2D eigenvalue weighted by Gasteiger charge is -2.12. The van der Waals surface area contributed by atoms with E-state index >= 15 is 0 Å². The third-order valence-electron chi connectivity index (χ3n) is 3.61. The van der Waals surface area contributed by atoms with Crippen LogP contribution in [0.2, 0.25) is 0 Å². The number of nitrogens with zero attached hydrogens (tertiary/aromatic N) is 2. The molecule has 108 valence electrons. The Hall–Kier alpha value is -1.84. The summed E-state index contributed by atoms with van der Waals surface area (Å²) in [6, 6.07) is 5.93. The smallest absolute Gasteiger partial charge is 0.203 e. The van der Waals surface area contributed by atoms with Gasteiger partial charge in [0.25, 0.3) is 0 Å². The molecule has 20 heavy (non-hydrogen) atoms. The van der Waals surface area contributed by atoms with E-state index in [4.69, 9.17) is 4.42 Å². The molecule has 0 aromatic carbocycles. The van der Waals surface area contributed by atoms with Crippen molar-refractivity contribution in [2.45, 2.75) is 52.5 Å². The van der Waals surface area contributed by atoms with Gasteiger partial charge in [-0.2, -0.15) is 5.10 Å². The standard InChI is InChI=1S/C16H22N2O2/c1-4-13(5-2)18-10-9-12(17-18)11-15(19)16-8-7-14(6-3)20-16/h7-10,13H,4-6,11H2,1-3H3. The summed E-state index contributed by atoms with van der Waals surface area (Å²) >= 11 is 0. The summed E-state index contributed by atoms with van der Waals surface area (Å²) < 4.78 is 7.44. The maximum absolute atomic E-state index is 12.1. The molecule has 0 saturated heterocycles. The molecule has 0 spiro atoms. The van der Waals surface area contributed by atoms with Gasteiger partial charge in [0.05, 0.1) is 18.2 Å². The third-order valence-corrected chi connectivity index (χ3v) is 3.61. The lowest BCUT2D eigenvalue weighted by atomic mass is 10.2. The summed E-state index contributed by atoms with van der Waals surface area (Å²) in [5, 5.41) is 4.50. The summed E-state index contributed by atoms with van der Waals surface area (Å²) in [7, 11) is 0. The van der Waals surface area contributed by atoms with Gasteiger partial charge >= 0.3 is 0 Å². The fourth-order valence-corrected chi connectivity index (χ4v) is 2.31. The number of furan rings is 1. The maximum Gasteiger partial charge on any atom is 0.203 e. The predicted molar refractivity (Wildman–Crippen MR) is 78.0 cm³/mol. The molecule has 0 saturated carbocycles. The molecule has 0 radical (unpaired) electrons. The van der Waals surface area contributed by atoms with Crippen LogP contribution >= 0.6 is 0 Å². The van der Waals surface area contributed by atoms with Gasteiger partial charge in [0.1, 0.15) is 5.76 Å². The zero-order valence-electron chi connectivity index (χ0n) is 12.4. The Bertz CT molecular complexity index is 565. The zero-order chi connectivity index (χ0) is 14.5. The molecule has 4 nitrogen and oxygen atoms in total. The zero-order valence-corrected chi connectivity index (χ0v) is 12.4. The van der Waals surface area contributed by atoms with E-state index < -0.39 is 0 Å². The molecule has 0 fully saturated rings. The number of ketones is 1. The molecule has 0 unspecified atom stereocenters. The van der Waals surface area contributed by atoms with Gasteiger partial charge in [0.15, 0.2) is 5.76 Å². The fourth-order valence-electron chi connectivity index (χ4n) is 2.31. The van der Waals surface area contributed by atoms with Gasteiger partial charge in [-0.05, 0) is 31.0 Å². The largest absolute Gasteiger partial charge is 0.458 e. The molecule has 4 heteroatoms. The molecule has 0 amide bonds. The Morgan fingerprint density at radius 3 is 2.60 bits per heavy atom. The van der Waals surface area contributed by atoms with Crippen LogP contribution in [0.5, 0.6) is 0 Å². The van der Waals surface area contributed by atoms with E-state index in [1.807, 2.05) is 29.9 Å². The molecule has 0 atom stereocenters. The maximum atomic E-state index is 12.1. The average Bonchev–Trinajstić information content (AvgIpc) is 3.09. The van der Waals surface area contributed by atoms with E-state index in [0.29, 0.717) is 18.2 Å². The van der Waals surface area contributed by atoms with Gasteiger partial charge in [-0.1, -0.05) is 20.8 Å². The molecule has 0 aliphatic carbocycles. The quantitative estimate of drug-likeness (QED) is 0.721. The molecule has 0 N–H and O–H groups in total. The van der Waals surface area contributed by atoms with Gasteiger partial charge in [0, 0.05) is 12.6 Å². The van der Waals surface area contributed by atoms with Crippen LogP contribution in [0.4, 0.5) is 0 Å². The minimum Gasteiger partial charge on any atom is -0.458 e. The number of hydrogen-bond donors (Lipinski definition) is 0. The SMILES string of the molecule is CCc1ccc(C(=O)Cc2ccn(C(CC)CC)n2)o1. The first-order valence-electron chi connectivity index (χ1n) is 7.33. The first-order chi connectivity index (χ1) is 9.67. The van der Waals surface area contributed by atoms with Gasteiger partial charge < -0.3 is 4.42 Å². The van der Waals surface area contributed by atoms with Gasteiger partial charge in [0.2, 0.25) is 5.78 Å². The minimum absolute atomic E-state index is 0.0144. The lowest BCUT2D eigenvalue weighted by molar-refractivity contribution is 0.0963. The number of Topliss-reactive ketones (excluding diaryl/α,β-unsaturated/α-hetero) is 1. The Morgan fingerprint density at radius 2 is 2.00 bits per heavy atom. The van der Waals surface area contributed by atoms with Gasteiger partial charge in [-0.25, -0.2) is 0 Å². The van der Waals surface area contributed by atoms with Gasteiger partial charge in [-0.3, -0.25) is 9.48 Å². The average molecular weight is 274 g/mol. The number of aromatic nitrogens is 2. The molecule has 2 rings (SSSR count). The highest BCUT2D eigenvalue weighted by atomic mass is 16.3. The molecule has 2 aromatic heterocycles. The Morgan fingerprint density at radius 1 is 1.25 bits per heavy atom. The van der Waals surface area contributed by atoms with E-state index in [1.165, 1.54) is 0 Å². The summed E-state index contributed by atoms with van der Waals surface area (Å²) in [5.74, 6) is 1.26. The van der Waals surface area contributed by atoms with E-state index in [-0.39, 0.29) is 5.78 Å². The number of carbonyl (C=O) groups is 1. The van der Waals surface area contributed by atoms with Crippen molar-refractivity contribution in [3.8, 4) is 0 Å². The number of aryl methyl sites for hydroxylation is 1. The van der Waals surface area contributed by atoms with E-state index in [2.05, 4.69) is 18.9 Å². The number of carbonyl (C=O) groups excluding carboxylic acids is 1. The monoisotopic (exact) mass is 274 g/mol. The van der Waals surface area contributed by atoms with Crippen LogP contribution in [0.3, 0.4) is 0 Å². The molecule has 2 aromatic rings. The van der Waals surface area contributed by atoms with Crippen molar-refractivity contribution in [2.75, 3.05) is 0 Å². The number of rotatable bonds is 7. The molecule has 0 aliphatic rings. The highest BCUT2D eigenvalue weighted by Gasteiger charge is 2.14. The first kappa shape index (κ1) is 14.6. The second-order valence-corrected chi connectivity index (χ2v) is 4.98. The van der Waals surface area contributed by atoms with Crippen LogP contribution in [0, 0.1) is 0 Å². The summed E-state index contributed by atoms with van der Waals surface area (Å²) in [4.78, 5) is 12.1. The highest BCUT2D eigenvalue weighted by molar-refractivity contribution is 5.94. The van der Waals surface area contributed by atoms with Crippen LogP contribution in [0.15, 0.2) is 28.8 Å². The van der Waals surface area contributed by atoms with Crippen molar-refractivity contribution in [3.63, 3.8) is 0 Å². The Labute approximate surface area is 119 Å². The Balaban J connectivity index is 2.04. The highest BCUT2D eigenvalue weighted by Crippen LogP contribution is 2.16. The van der Waals surface area contributed by atoms with Gasteiger partial charge in [-0.15, -0.1) is 0 Å². The number of hydrogen-bond acceptors (Lipinski definition) is 3. The minimum atomic E-state index is -0.0144. The van der Waals surface area contributed by atoms with Crippen molar-refractivity contribution in [1.29, 1.82) is 0 Å². The molecule has 0 bridgehead atoms. The van der Waals surface area contributed by atoms with E-state index in [9.17, 15) is 4.79 Å². The fraction of sp³-hybridized carbons (Fsp3) is 0.500.